The van der Waals surface area contributed by atoms with Crippen molar-refractivity contribution in [2.24, 2.45) is 5.92 Å². The van der Waals surface area contributed by atoms with Gasteiger partial charge in [-0.3, -0.25) is 15.0 Å². The van der Waals surface area contributed by atoms with Crippen LogP contribution in [0.1, 0.15) is 49.7 Å². The molecule has 2 aliphatic heterocycles. The number of fused-ring (bicyclic) bond motifs is 3. The lowest BCUT2D eigenvalue weighted by Gasteiger charge is -2.57. The zero-order valence-electron chi connectivity index (χ0n) is 19.3. The molecule has 4 aliphatic rings. The number of carbonyl (C=O) groups excluding carboxylic acids is 2. The predicted octanol–water partition coefficient (Wildman–Crippen LogP) is 2.78. The first-order valence-corrected chi connectivity index (χ1v) is 11.7. The number of alkyl halides is 3. The number of imide groups is 1. The summed E-state index contributed by atoms with van der Waals surface area (Å²) >= 11 is 0. The van der Waals surface area contributed by atoms with Crippen molar-refractivity contribution in [3.63, 3.8) is 0 Å². The molecule has 4 fully saturated rings. The number of ether oxygens (including phenoxy) is 1. The first kappa shape index (κ1) is 23.4. The fourth-order valence-corrected chi connectivity index (χ4v) is 7.29. The van der Waals surface area contributed by atoms with E-state index in [2.05, 4.69) is 10.6 Å². The van der Waals surface area contributed by atoms with Crippen LogP contribution < -0.4 is 15.4 Å². The maximum absolute atomic E-state index is 12.9. The molecule has 1 aromatic carbocycles. The van der Waals surface area contributed by atoms with E-state index in [0.29, 0.717) is 18.7 Å². The molecule has 0 bridgehead atoms. The molecule has 3 amide bonds. The third-order valence-electron chi connectivity index (χ3n) is 8.65. The molecule has 186 valence electrons. The number of rotatable bonds is 5. The Kier molecular flexibility index (Phi) is 5.22. The van der Waals surface area contributed by atoms with Crippen molar-refractivity contribution in [2.75, 3.05) is 20.2 Å². The topological polar surface area (TPSA) is 90.9 Å². The average Bonchev–Trinajstić information content (AvgIpc) is 3.12. The van der Waals surface area contributed by atoms with Crippen LogP contribution >= 0.6 is 0 Å². The van der Waals surface area contributed by atoms with E-state index < -0.39 is 35.2 Å². The van der Waals surface area contributed by atoms with Crippen LogP contribution in [0.2, 0.25) is 0 Å². The van der Waals surface area contributed by atoms with E-state index in [9.17, 15) is 27.9 Å². The second kappa shape index (κ2) is 7.58. The molecular weight excluding hydrogens is 451 g/mol. The zero-order valence-corrected chi connectivity index (χ0v) is 19.3. The smallest absolute Gasteiger partial charge is 0.389 e. The number of nitrogens with one attached hydrogen (secondary N) is 2. The number of amides is 3. The van der Waals surface area contributed by atoms with E-state index in [4.69, 9.17) is 4.74 Å². The quantitative estimate of drug-likeness (QED) is 0.563. The van der Waals surface area contributed by atoms with Gasteiger partial charge in [-0.2, -0.15) is 13.2 Å². The van der Waals surface area contributed by atoms with Crippen molar-refractivity contribution in [2.45, 2.75) is 74.2 Å². The maximum Gasteiger partial charge on any atom is 0.389 e. The van der Waals surface area contributed by atoms with Crippen LogP contribution in [0.5, 0.6) is 5.75 Å². The Morgan fingerprint density at radius 3 is 2.68 bits per heavy atom. The number of carbonyl (C=O) groups is 2. The average molecular weight is 482 g/mol. The highest BCUT2D eigenvalue weighted by Gasteiger charge is 2.73. The number of aryl methyl sites for hydroxylation is 1. The van der Waals surface area contributed by atoms with Crippen molar-refractivity contribution in [3.8, 4) is 5.75 Å². The molecule has 2 saturated carbocycles. The SMILES string of the molecule is COc1ccc(C)c([C@]23C[C@@H]4CN(CCCC(F)(F)F)[C@H]4[C@]2(O)CC[C@@]2(C3)NC(=O)NC2=O)c1. The van der Waals surface area contributed by atoms with Gasteiger partial charge in [0.1, 0.15) is 11.3 Å². The first-order valence-electron chi connectivity index (χ1n) is 11.7. The zero-order chi connectivity index (χ0) is 24.5. The third-order valence-corrected chi connectivity index (χ3v) is 8.65. The Hall–Kier alpha value is -2.33. The Morgan fingerprint density at radius 2 is 2.03 bits per heavy atom. The molecule has 7 nitrogen and oxygen atoms in total. The van der Waals surface area contributed by atoms with Gasteiger partial charge in [-0.25, -0.2) is 4.79 Å². The third kappa shape index (κ3) is 3.32. The lowest BCUT2D eigenvalue weighted by atomic mass is 9.55. The minimum atomic E-state index is -4.20. The van der Waals surface area contributed by atoms with Crippen molar-refractivity contribution >= 4 is 11.9 Å². The number of benzene rings is 1. The molecule has 0 radical (unpaired) electrons. The van der Waals surface area contributed by atoms with Gasteiger partial charge in [0.2, 0.25) is 0 Å². The van der Waals surface area contributed by atoms with Gasteiger partial charge >= 0.3 is 12.2 Å². The monoisotopic (exact) mass is 481 g/mol. The number of halogens is 3. The summed E-state index contributed by atoms with van der Waals surface area (Å²) < 4.78 is 43.6. The predicted molar refractivity (Wildman–Crippen MR) is 116 cm³/mol. The van der Waals surface area contributed by atoms with Gasteiger partial charge in [-0.05, 0) is 74.8 Å². The standard InChI is InChI=1S/C24H30F3N3O4/c1-14-4-5-16(34-2)10-17(14)21-11-15-12-30(9-3-6-24(25,26)27)18(15)23(21,33)8-7-22(13-21)19(31)28-20(32)29-22/h4-5,10,15,18,33H,3,6-9,11-13H2,1-2H3,(H2,28,29,31,32)/t15-,18-,21-,22+,23-/m1/s1. The molecule has 0 unspecified atom stereocenters. The summed E-state index contributed by atoms with van der Waals surface area (Å²) in [7, 11) is 1.56. The van der Waals surface area contributed by atoms with Crippen molar-refractivity contribution in [3.05, 3.63) is 29.3 Å². The molecule has 2 saturated heterocycles. The Bertz CT molecular complexity index is 1030. The summed E-state index contributed by atoms with van der Waals surface area (Å²) in [4.78, 5) is 26.9. The van der Waals surface area contributed by atoms with Gasteiger partial charge < -0.3 is 15.2 Å². The van der Waals surface area contributed by atoms with E-state index in [1.54, 1.807) is 7.11 Å². The van der Waals surface area contributed by atoms with Crippen molar-refractivity contribution in [1.29, 1.82) is 0 Å². The summed E-state index contributed by atoms with van der Waals surface area (Å²) in [6, 6.07) is 4.82. The summed E-state index contributed by atoms with van der Waals surface area (Å²) in [5.74, 6) is 0.329. The summed E-state index contributed by atoms with van der Waals surface area (Å²) in [5.41, 5.74) is -1.42. The van der Waals surface area contributed by atoms with Crippen LogP contribution in [0.25, 0.3) is 0 Å². The molecule has 5 rings (SSSR count). The van der Waals surface area contributed by atoms with Crippen LogP contribution in [-0.2, 0) is 10.2 Å². The van der Waals surface area contributed by atoms with Crippen LogP contribution in [0.15, 0.2) is 18.2 Å². The lowest BCUT2D eigenvalue weighted by molar-refractivity contribution is -0.153. The molecule has 1 spiro atoms. The Balaban J connectivity index is 1.54. The van der Waals surface area contributed by atoms with Crippen LogP contribution in [-0.4, -0.2) is 65.5 Å². The molecule has 1 aromatic rings. The number of hydrogen-bond acceptors (Lipinski definition) is 5. The molecular formula is C24H30F3N3O4. The van der Waals surface area contributed by atoms with E-state index in [1.807, 2.05) is 30.0 Å². The number of aliphatic hydroxyl groups is 1. The summed E-state index contributed by atoms with van der Waals surface area (Å²) in [6.45, 7) is 2.82. The number of urea groups is 1. The Morgan fingerprint density at radius 1 is 1.26 bits per heavy atom. The minimum Gasteiger partial charge on any atom is -0.497 e. The molecule has 2 aliphatic carbocycles. The van der Waals surface area contributed by atoms with Crippen molar-refractivity contribution < 1.29 is 32.6 Å². The summed E-state index contributed by atoms with van der Waals surface area (Å²) in [6.07, 6.45) is -3.73. The van der Waals surface area contributed by atoms with Gasteiger partial charge in [0.05, 0.1) is 12.7 Å². The molecule has 3 N–H and O–H groups in total. The van der Waals surface area contributed by atoms with Crippen molar-refractivity contribution in [1.82, 2.24) is 15.5 Å². The van der Waals surface area contributed by atoms with Crippen LogP contribution in [0.3, 0.4) is 0 Å². The van der Waals surface area contributed by atoms with Gasteiger partial charge in [-0.15, -0.1) is 0 Å². The molecule has 0 aromatic heterocycles. The van der Waals surface area contributed by atoms with Crippen LogP contribution in [0.4, 0.5) is 18.0 Å². The maximum atomic E-state index is 12.9. The highest BCUT2D eigenvalue weighted by atomic mass is 19.4. The molecule has 10 heteroatoms. The van der Waals surface area contributed by atoms with Gasteiger partial charge in [0.25, 0.3) is 5.91 Å². The van der Waals surface area contributed by atoms with Gasteiger partial charge in [0.15, 0.2) is 0 Å². The van der Waals surface area contributed by atoms with E-state index >= 15 is 0 Å². The normalized spacial score (nSPS) is 37.1. The summed E-state index contributed by atoms with van der Waals surface area (Å²) in [5, 5.41) is 17.5. The fourth-order valence-electron chi connectivity index (χ4n) is 7.29. The second-order valence-electron chi connectivity index (χ2n) is 10.5. The highest BCUT2D eigenvalue weighted by Crippen LogP contribution is 2.65. The lowest BCUT2D eigenvalue weighted by Crippen LogP contribution is -2.70. The Labute approximate surface area is 196 Å². The second-order valence-corrected chi connectivity index (χ2v) is 10.5. The van der Waals surface area contributed by atoms with Gasteiger partial charge in [-0.1, -0.05) is 6.07 Å². The number of likely N-dealkylation sites (tertiary alicyclic amines) is 1. The van der Waals surface area contributed by atoms with Gasteiger partial charge in [0, 0.05) is 24.4 Å². The number of hydrogen-bond donors (Lipinski definition) is 3. The molecule has 5 atom stereocenters. The van der Waals surface area contributed by atoms with Crippen LogP contribution in [0, 0.1) is 12.8 Å². The van der Waals surface area contributed by atoms with E-state index in [0.717, 1.165) is 11.1 Å². The fraction of sp³-hybridized carbons (Fsp3) is 0.667. The minimum absolute atomic E-state index is 0.0175. The number of nitrogens with zero attached hydrogens (tertiary/aromatic N) is 1. The number of methoxy groups -OCH3 is 1. The largest absolute Gasteiger partial charge is 0.497 e. The highest BCUT2D eigenvalue weighted by molar-refractivity contribution is 6.07. The molecule has 2 heterocycles. The van der Waals surface area contributed by atoms with E-state index in [1.165, 1.54) is 0 Å². The van der Waals surface area contributed by atoms with E-state index in [-0.39, 0.29) is 50.1 Å². The first-order chi connectivity index (χ1) is 15.9. The molecule has 34 heavy (non-hydrogen) atoms.